The number of ether oxygens (including phenoxy) is 1. The fraction of sp³-hybridized carbons (Fsp3) is 0.333. The third-order valence-corrected chi connectivity index (χ3v) is 5.18. The average molecular weight is 335 g/mol. The maximum absolute atomic E-state index is 12.8. The number of rotatable bonds is 3. The van der Waals surface area contributed by atoms with Gasteiger partial charge in [0.25, 0.3) is 5.91 Å². The summed E-state index contributed by atoms with van der Waals surface area (Å²) in [5.41, 5.74) is 3.87. The Morgan fingerprint density at radius 3 is 2.84 bits per heavy atom. The number of aryl methyl sites for hydroxylation is 1. The van der Waals surface area contributed by atoms with Crippen molar-refractivity contribution in [1.82, 2.24) is 0 Å². The first kappa shape index (κ1) is 15.9. The highest BCUT2D eigenvalue weighted by Gasteiger charge is 2.29. The second kappa shape index (κ2) is 6.36. The zero-order chi connectivity index (χ0) is 17.4. The van der Waals surface area contributed by atoms with Crippen LogP contribution in [0.25, 0.3) is 0 Å². The molecule has 128 valence electrons. The van der Waals surface area contributed by atoms with Gasteiger partial charge in [0.15, 0.2) is 12.4 Å². The van der Waals surface area contributed by atoms with Gasteiger partial charge in [-0.15, -0.1) is 0 Å². The van der Waals surface area contributed by atoms with Crippen molar-refractivity contribution in [2.45, 2.75) is 38.6 Å². The first-order valence-corrected chi connectivity index (χ1v) is 8.83. The van der Waals surface area contributed by atoms with E-state index >= 15 is 0 Å². The molecule has 0 saturated carbocycles. The summed E-state index contributed by atoms with van der Waals surface area (Å²) in [6.07, 6.45) is 3.18. The van der Waals surface area contributed by atoms with Gasteiger partial charge >= 0.3 is 0 Å². The lowest BCUT2D eigenvalue weighted by atomic mass is 9.96. The number of carbonyl (C=O) groups excluding carboxylic acids is 2. The molecule has 0 bridgehead atoms. The number of ketones is 1. The molecule has 2 aromatic rings. The highest BCUT2D eigenvalue weighted by Crippen LogP contribution is 2.32. The summed E-state index contributed by atoms with van der Waals surface area (Å²) >= 11 is 0. The first-order valence-electron chi connectivity index (χ1n) is 8.83. The van der Waals surface area contributed by atoms with E-state index in [0.717, 1.165) is 29.7 Å². The molecule has 4 heteroatoms. The van der Waals surface area contributed by atoms with Gasteiger partial charge in [-0.25, -0.2) is 0 Å². The average Bonchev–Trinajstić information content (AvgIpc) is 3.01. The summed E-state index contributed by atoms with van der Waals surface area (Å²) < 4.78 is 5.83. The molecule has 1 unspecified atom stereocenters. The minimum atomic E-state index is -0.0402. The molecule has 4 nitrogen and oxygen atoms in total. The number of nitrogens with zero attached hydrogens (tertiary/aromatic N) is 1. The first-order chi connectivity index (χ1) is 12.1. The second-order valence-corrected chi connectivity index (χ2v) is 6.77. The molecule has 1 aliphatic heterocycles. The largest absolute Gasteiger partial charge is 0.483 e. The van der Waals surface area contributed by atoms with Crippen LogP contribution in [0.15, 0.2) is 42.5 Å². The van der Waals surface area contributed by atoms with Gasteiger partial charge in [0, 0.05) is 29.3 Å². The van der Waals surface area contributed by atoms with Crippen LogP contribution in [-0.4, -0.2) is 24.3 Å². The molecule has 1 heterocycles. The zero-order valence-electron chi connectivity index (χ0n) is 14.3. The van der Waals surface area contributed by atoms with E-state index in [2.05, 4.69) is 13.0 Å². The highest BCUT2D eigenvalue weighted by atomic mass is 16.5. The normalized spacial score (nSPS) is 18.7. The fourth-order valence-corrected chi connectivity index (χ4v) is 3.87. The summed E-state index contributed by atoms with van der Waals surface area (Å²) in [5, 5.41) is 0. The predicted octanol–water partition coefficient (Wildman–Crippen LogP) is 3.56. The molecule has 0 fully saturated rings. The van der Waals surface area contributed by atoms with Crippen molar-refractivity contribution >= 4 is 17.4 Å². The topological polar surface area (TPSA) is 46.6 Å². The van der Waals surface area contributed by atoms with Gasteiger partial charge in [0.1, 0.15) is 5.75 Å². The van der Waals surface area contributed by atoms with Gasteiger partial charge in [-0.05, 0) is 43.9 Å². The van der Waals surface area contributed by atoms with Crippen molar-refractivity contribution in [2.75, 3.05) is 11.5 Å². The van der Waals surface area contributed by atoms with Crippen LogP contribution in [-0.2, 0) is 17.6 Å². The summed E-state index contributed by atoms with van der Waals surface area (Å²) in [4.78, 5) is 26.6. The van der Waals surface area contributed by atoms with Crippen LogP contribution >= 0.6 is 0 Å². The molecule has 2 aromatic carbocycles. The Balaban J connectivity index is 1.53. The Morgan fingerprint density at radius 1 is 1.12 bits per heavy atom. The van der Waals surface area contributed by atoms with E-state index in [9.17, 15) is 9.59 Å². The number of Topliss-reactive ketones (excluding diaryl/α,β-unsaturated/α-hetero) is 1. The van der Waals surface area contributed by atoms with Gasteiger partial charge in [0.05, 0.1) is 0 Å². The Kier molecular flexibility index (Phi) is 4.04. The van der Waals surface area contributed by atoms with Crippen molar-refractivity contribution in [1.29, 1.82) is 0 Å². The molecule has 0 radical (unpaired) electrons. The molecule has 0 N–H and O–H groups in total. The summed E-state index contributed by atoms with van der Waals surface area (Å²) in [6.45, 7) is 2.07. The molecule has 1 aliphatic carbocycles. The van der Waals surface area contributed by atoms with Crippen LogP contribution in [0.1, 0.15) is 41.3 Å². The number of hydrogen-bond donors (Lipinski definition) is 0. The molecule has 4 rings (SSSR count). The third kappa shape index (κ3) is 2.82. The number of hydrogen-bond acceptors (Lipinski definition) is 3. The van der Waals surface area contributed by atoms with Crippen LogP contribution in [0.4, 0.5) is 5.69 Å². The maximum atomic E-state index is 12.8. The predicted molar refractivity (Wildman–Crippen MR) is 96.3 cm³/mol. The van der Waals surface area contributed by atoms with Crippen LogP contribution < -0.4 is 9.64 Å². The van der Waals surface area contributed by atoms with Crippen molar-refractivity contribution in [2.24, 2.45) is 0 Å². The number of para-hydroxylation sites is 1. The van der Waals surface area contributed by atoms with Crippen molar-refractivity contribution in [3.05, 3.63) is 59.2 Å². The summed E-state index contributed by atoms with van der Waals surface area (Å²) in [7, 11) is 0. The van der Waals surface area contributed by atoms with Crippen molar-refractivity contribution < 1.29 is 14.3 Å². The Morgan fingerprint density at radius 2 is 1.96 bits per heavy atom. The lowest BCUT2D eigenvalue weighted by Gasteiger charge is -2.35. The zero-order valence-corrected chi connectivity index (χ0v) is 14.3. The van der Waals surface area contributed by atoms with Crippen LogP contribution in [0.3, 0.4) is 0 Å². The quantitative estimate of drug-likeness (QED) is 0.861. The molecule has 25 heavy (non-hydrogen) atoms. The van der Waals surface area contributed by atoms with E-state index in [1.807, 2.05) is 41.3 Å². The number of amides is 1. The summed E-state index contributed by atoms with van der Waals surface area (Å²) in [5.74, 6) is 0.779. The van der Waals surface area contributed by atoms with Crippen molar-refractivity contribution in [3.8, 4) is 5.75 Å². The minimum absolute atomic E-state index is 0.0106. The number of fused-ring (bicyclic) bond motifs is 2. The van der Waals surface area contributed by atoms with Crippen LogP contribution in [0.2, 0.25) is 0 Å². The third-order valence-electron chi connectivity index (χ3n) is 5.18. The highest BCUT2D eigenvalue weighted by molar-refractivity contribution is 6.01. The van der Waals surface area contributed by atoms with E-state index in [1.54, 1.807) is 0 Å². The molecule has 1 amide bonds. The minimum Gasteiger partial charge on any atom is -0.483 e. The standard InChI is InChI=1S/C21H21NO3/c1-14-9-10-15-5-2-3-7-18(15)22(14)21(24)13-25-20-8-4-6-16-17(20)11-12-19(16)23/h2-8,14H,9-13H2,1H3. The SMILES string of the molecule is CC1CCc2ccccc2N1C(=O)COc1cccc2c1CCC2=O. The Bertz CT molecular complexity index is 843. The molecular formula is C21H21NO3. The van der Waals surface area contributed by atoms with Crippen LogP contribution in [0, 0.1) is 0 Å². The molecule has 0 spiro atoms. The van der Waals surface area contributed by atoms with Gasteiger partial charge in [0.2, 0.25) is 0 Å². The van der Waals surface area contributed by atoms with Crippen molar-refractivity contribution in [3.63, 3.8) is 0 Å². The molecule has 0 saturated heterocycles. The van der Waals surface area contributed by atoms with E-state index in [4.69, 9.17) is 4.74 Å². The van der Waals surface area contributed by atoms with E-state index < -0.39 is 0 Å². The molecule has 1 atom stereocenters. The monoisotopic (exact) mass is 335 g/mol. The van der Waals surface area contributed by atoms with Gasteiger partial charge in [-0.2, -0.15) is 0 Å². The lowest BCUT2D eigenvalue weighted by molar-refractivity contribution is -0.121. The Labute approximate surface area is 147 Å². The van der Waals surface area contributed by atoms with E-state index in [-0.39, 0.29) is 24.3 Å². The van der Waals surface area contributed by atoms with Crippen LogP contribution in [0.5, 0.6) is 5.75 Å². The summed E-state index contributed by atoms with van der Waals surface area (Å²) in [6, 6.07) is 13.7. The number of anilines is 1. The number of carbonyl (C=O) groups is 2. The lowest BCUT2D eigenvalue weighted by Crippen LogP contribution is -2.44. The molecule has 2 aliphatic rings. The molecule has 0 aromatic heterocycles. The van der Waals surface area contributed by atoms with E-state index in [0.29, 0.717) is 18.6 Å². The van der Waals surface area contributed by atoms with Gasteiger partial charge in [-0.1, -0.05) is 30.3 Å². The second-order valence-electron chi connectivity index (χ2n) is 6.77. The maximum Gasteiger partial charge on any atom is 0.265 e. The van der Waals surface area contributed by atoms with Gasteiger partial charge in [-0.3, -0.25) is 9.59 Å². The Hall–Kier alpha value is -2.62. The number of benzene rings is 2. The smallest absolute Gasteiger partial charge is 0.265 e. The fourth-order valence-electron chi connectivity index (χ4n) is 3.87. The van der Waals surface area contributed by atoms with Gasteiger partial charge < -0.3 is 9.64 Å². The molecular weight excluding hydrogens is 314 g/mol. The van der Waals surface area contributed by atoms with E-state index in [1.165, 1.54) is 5.56 Å².